The minimum atomic E-state index is -1.07. The zero-order valence-corrected chi connectivity index (χ0v) is 17.9. The van der Waals surface area contributed by atoms with Gasteiger partial charge in [-0.2, -0.15) is 5.10 Å². The van der Waals surface area contributed by atoms with Gasteiger partial charge in [-0.25, -0.2) is 4.79 Å². The molecule has 1 atom stereocenters. The van der Waals surface area contributed by atoms with Crippen LogP contribution in [-0.2, 0) is 16.6 Å². The molecule has 1 aliphatic carbocycles. The van der Waals surface area contributed by atoms with Crippen LogP contribution in [0.1, 0.15) is 40.8 Å². The highest BCUT2D eigenvalue weighted by Crippen LogP contribution is 2.44. The van der Waals surface area contributed by atoms with Gasteiger partial charge in [0.05, 0.1) is 18.2 Å². The molecule has 0 bridgehead atoms. The number of aryl methyl sites for hydroxylation is 2. The summed E-state index contributed by atoms with van der Waals surface area (Å²) in [6, 6.07) is 15.2. The van der Waals surface area contributed by atoms with Crippen LogP contribution in [0, 0.1) is 6.92 Å². The number of hydrogen-bond donors (Lipinski definition) is 2. The van der Waals surface area contributed by atoms with Crippen LogP contribution in [0.3, 0.4) is 0 Å². The summed E-state index contributed by atoms with van der Waals surface area (Å²) in [4.78, 5) is 24.0. The molecule has 0 saturated carbocycles. The molecule has 8 heteroatoms. The van der Waals surface area contributed by atoms with Gasteiger partial charge in [-0.3, -0.25) is 9.48 Å². The summed E-state index contributed by atoms with van der Waals surface area (Å²) >= 11 is 6.28. The predicted octanol–water partition coefficient (Wildman–Crippen LogP) is 4.44. The Kier molecular flexibility index (Phi) is 5.69. The van der Waals surface area contributed by atoms with E-state index in [2.05, 4.69) is 22.5 Å². The second kappa shape index (κ2) is 8.43. The Balaban J connectivity index is 1.51. The van der Waals surface area contributed by atoms with Crippen molar-refractivity contribution in [3.8, 4) is 11.1 Å². The van der Waals surface area contributed by atoms with Gasteiger partial charge in [-0.05, 0) is 29.2 Å². The second-order valence-electron chi connectivity index (χ2n) is 7.53. The van der Waals surface area contributed by atoms with E-state index in [9.17, 15) is 14.7 Å². The van der Waals surface area contributed by atoms with Crippen LogP contribution in [0.15, 0.2) is 48.5 Å². The van der Waals surface area contributed by atoms with E-state index in [0.717, 1.165) is 22.3 Å². The van der Waals surface area contributed by atoms with Gasteiger partial charge < -0.3 is 15.2 Å². The normalized spacial score (nSPS) is 13.4. The summed E-state index contributed by atoms with van der Waals surface area (Å²) in [5.74, 6) is -1.15. The van der Waals surface area contributed by atoms with Crippen LogP contribution >= 0.6 is 11.6 Å². The molecule has 2 N–H and O–H groups in total. The third-order valence-electron chi connectivity index (χ3n) is 5.56. The SMILES string of the molecule is Cc1nn(C)c(Cl)c1[C@@H](CC(=O)O)NC(=O)OCC1c2ccccc2-c2ccccc21. The van der Waals surface area contributed by atoms with E-state index in [1.807, 2.05) is 36.4 Å². The summed E-state index contributed by atoms with van der Waals surface area (Å²) in [5, 5.41) is 16.4. The van der Waals surface area contributed by atoms with Crippen LogP contribution in [0.4, 0.5) is 4.79 Å². The van der Waals surface area contributed by atoms with E-state index in [1.165, 1.54) is 4.68 Å². The standard InChI is InChI=1S/C23H22ClN3O4/c1-13-21(22(24)27(2)26-13)19(11-20(28)29)25-23(30)31-12-18-16-9-5-3-7-14(16)15-8-4-6-10-17(15)18/h3-10,18-19H,11-12H2,1-2H3,(H,25,30)(H,28,29)/t19-/m1/s1. The van der Waals surface area contributed by atoms with Crippen LogP contribution < -0.4 is 5.32 Å². The number of nitrogens with one attached hydrogen (secondary N) is 1. The highest BCUT2D eigenvalue weighted by Gasteiger charge is 2.30. The number of fused-ring (bicyclic) bond motifs is 3. The average Bonchev–Trinajstić information content (AvgIpc) is 3.19. The van der Waals surface area contributed by atoms with Crippen molar-refractivity contribution in [3.63, 3.8) is 0 Å². The zero-order chi connectivity index (χ0) is 22.1. The van der Waals surface area contributed by atoms with Gasteiger partial charge in [0.15, 0.2) is 0 Å². The number of carbonyl (C=O) groups excluding carboxylic acids is 1. The van der Waals surface area contributed by atoms with Crippen LogP contribution in [0.2, 0.25) is 5.15 Å². The number of hydrogen-bond acceptors (Lipinski definition) is 4. The number of carboxylic acids is 1. The Hall–Kier alpha value is -3.32. The number of ether oxygens (including phenoxy) is 1. The lowest BCUT2D eigenvalue weighted by Gasteiger charge is -2.19. The quantitative estimate of drug-likeness (QED) is 0.592. The Morgan fingerprint density at radius 3 is 2.26 bits per heavy atom. The lowest BCUT2D eigenvalue weighted by atomic mass is 9.98. The molecule has 7 nitrogen and oxygen atoms in total. The van der Waals surface area contributed by atoms with Crippen molar-refractivity contribution in [2.24, 2.45) is 7.05 Å². The maximum absolute atomic E-state index is 12.6. The van der Waals surface area contributed by atoms with Crippen LogP contribution in [0.5, 0.6) is 0 Å². The number of amides is 1. The molecular weight excluding hydrogens is 418 g/mol. The largest absolute Gasteiger partial charge is 0.481 e. The molecular formula is C23H22ClN3O4. The molecule has 160 valence electrons. The topological polar surface area (TPSA) is 93.5 Å². The summed E-state index contributed by atoms with van der Waals surface area (Å²) in [6.45, 7) is 1.86. The fraction of sp³-hybridized carbons (Fsp3) is 0.261. The third kappa shape index (κ3) is 4.01. The maximum atomic E-state index is 12.6. The van der Waals surface area contributed by atoms with E-state index >= 15 is 0 Å². The van der Waals surface area contributed by atoms with E-state index in [1.54, 1.807) is 14.0 Å². The fourth-order valence-corrected chi connectivity index (χ4v) is 4.53. The Morgan fingerprint density at radius 2 is 1.74 bits per heavy atom. The summed E-state index contributed by atoms with van der Waals surface area (Å²) in [6.07, 6.45) is -1.04. The second-order valence-corrected chi connectivity index (χ2v) is 7.89. The van der Waals surface area contributed by atoms with Gasteiger partial charge in [0.2, 0.25) is 0 Å². The Morgan fingerprint density at radius 1 is 1.16 bits per heavy atom. The first-order valence-electron chi connectivity index (χ1n) is 9.89. The number of rotatable bonds is 6. The Bertz CT molecular complexity index is 1110. The predicted molar refractivity (Wildman–Crippen MR) is 116 cm³/mol. The summed E-state index contributed by atoms with van der Waals surface area (Å²) in [7, 11) is 1.66. The van der Waals surface area contributed by atoms with E-state index in [-0.39, 0.29) is 24.1 Å². The third-order valence-corrected chi connectivity index (χ3v) is 6.01. The van der Waals surface area contributed by atoms with Crippen molar-refractivity contribution in [3.05, 3.63) is 76.1 Å². The average molecular weight is 440 g/mol. The molecule has 1 heterocycles. The number of benzene rings is 2. The van der Waals surface area contributed by atoms with Crippen molar-refractivity contribution < 1.29 is 19.4 Å². The molecule has 0 saturated heterocycles. The minimum Gasteiger partial charge on any atom is -0.481 e. The monoisotopic (exact) mass is 439 g/mol. The summed E-state index contributed by atoms with van der Waals surface area (Å²) in [5.41, 5.74) is 5.49. The molecule has 0 aliphatic heterocycles. The first kappa shape index (κ1) is 20.9. The maximum Gasteiger partial charge on any atom is 0.407 e. The van der Waals surface area contributed by atoms with Crippen molar-refractivity contribution in [2.75, 3.05) is 6.61 Å². The van der Waals surface area contributed by atoms with Crippen molar-refractivity contribution in [1.82, 2.24) is 15.1 Å². The molecule has 1 amide bonds. The van der Waals surface area contributed by atoms with Gasteiger partial charge in [-0.15, -0.1) is 0 Å². The van der Waals surface area contributed by atoms with Crippen molar-refractivity contribution >= 4 is 23.7 Å². The zero-order valence-electron chi connectivity index (χ0n) is 17.1. The first-order valence-corrected chi connectivity index (χ1v) is 10.3. The summed E-state index contributed by atoms with van der Waals surface area (Å²) < 4.78 is 6.99. The molecule has 4 rings (SSSR count). The molecule has 3 aromatic rings. The molecule has 1 aromatic heterocycles. The van der Waals surface area contributed by atoms with Crippen LogP contribution in [-0.4, -0.2) is 33.6 Å². The van der Waals surface area contributed by atoms with Gasteiger partial charge in [0.25, 0.3) is 0 Å². The first-order chi connectivity index (χ1) is 14.9. The Labute approximate surface area is 184 Å². The molecule has 0 spiro atoms. The van der Waals surface area contributed by atoms with E-state index < -0.39 is 18.1 Å². The molecule has 0 fully saturated rings. The van der Waals surface area contributed by atoms with Gasteiger partial charge in [0, 0.05) is 18.5 Å². The van der Waals surface area contributed by atoms with Gasteiger partial charge in [0.1, 0.15) is 11.8 Å². The highest BCUT2D eigenvalue weighted by molar-refractivity contribution is 6.30. The minimum absolute atomic E-state index is 0.0835. The van der Waals surface area contributed by atoms with Crippen LogP contribution in [0.25, 0.3) is 11.1 Å². The lowest BCUT2D eigenvalue weighted by Crippen LogP contribution is -2.32. The fourth-order valence-electron chi connectivity index (χ4n) is 4.22. The van der Waals surface area contributed by atoms with E-state index in [4.69, 9.17) is 16.3 Å². The molecule has 1 aliphatic rings. The number of nitrogens with zero attached hydrogens (tertiary/aromatic N) is 2. The number of halogens is 1. The molecule has 31 heavy (non-hydrogen) atoms. The number of carbonyl (C=O) groups is 2. The van der Waals surface area contributed by atoms with Gasteiger partial charge in [-0.1, -0.05) is 60.1 Å². The molecule has 0 radical (unpaired) electrons. The molecule has 0 unspecified atom stereocenters. The smallest absolute Gasteiger partial charge is 0.407 e. The number of aliphatic carboxylic acids is 1. The number of carboxylic acid groups (broad SMARTS) is 1. The van der Waals surface area contributed by atoms with E-state index in [0.29, 0.717) is 11.3 Å². The van der Waals surface area contributed by atoms with Crippen molar-refractivity contribution in [1.29, 1.82) is 0 Å². The van der Waals surface area contributed by atoms with Crippen molar-refractivity contribution in [2.45, 2.75) is 25.3 Å². The highest BCUT2D eigenvalue weighted by atomic mass is 35.5. The number of aromatic nitrogens is 2. The van der Waals surface area contributed by atoms with Gasteiger partial charge >= 0.3 is 12.1 Å². The molecule has 2 aromatic carbocycles. The number of alkyl carbamates (subject to hydrolysis) is 1. The lowest BCUT2D eigenvalue weighted by molar-refractivity contribution is -0.137.